The molecule has 0 aliphatic carbocycles. The van der Waals surface area contributed by atoms with Crippen LogP contribution in [0.25, 0.3) is 0 Å². The number of nitrogens with two attached hydrogens (primary N) is 2. The zero-order chi connectivity index (χ0) is 11.9. The van der Waals surface area contributed by atoms with Crippen molar-refractivity contribution in [1.29, 1.82) is 0 Å². The first kappa shape index (κ1) is 12.0. The van der Waals surface area contributed by atoms with E-state index in [1.807, 2.05) is 0 Å². The number of halogens is 1. The number of benzene rings is 1. The van der Waals surface area contributed by atoms with Crippen molar-refractivity contribution in [3.8, 4) is 0 Å². The first-order valence-corrected chi connectivity index (χ1v) is 6.57. The van der Waals surface area contributed by atoms with Gasteiger partial charge in [-0.2, -0.15) is 0 Å². The Morgan fingerprint density at radius 2 is 1.53 bits per heavy atom. The van der Waals surface area contributed by atoms with Crippen LogP contribution >= 0.6 is 0 Å². The maximum absolute atomic E-state index is 13.1. The van der Waals surface area contributed by atoms with Crippen molar-refractivity contribution in [2.24, 2.45) is 10.3 Å². The molecule has 4 N–H and O–H groups in total. The summed E-state index contributed by atoms with van der Waals surface area (Å²) in [6.45, 7) is 0. The second-order valence-corrected chi connectivity index (χ2v) is 5.77. The van der Waals surface area contributed by atoms with Gasteiger partial charge < -0.3 is 0 Å². The lowest BCUT2D eigenvalue weighted by Crippen LogP contribution is -2.16. The van der Waals surface area contributed by atoms with Gasteiger partial charge in [-0.3, -0.25) is 0 Å². The number of hydrogen-bond donors (Lipinski definition) is 2. The van der Waals surface area contributed by atoms with Gasteiger partial charge in [0.2, 0.25) is 20.0 Å². The summed E-state index contributed by atoms with van der Waals surface area (Å²) in [4.78, 5) is -1.30. The van der Waals surface area contributed by atoms with E-state index in [1.165, 1.54) is 0 Å². The van der Waals surface area contributed by atoms with E-state index in [0.29, 0.717) is 6.07 Å². The molecule has 0 spiro atoms. The van der Waals surface area contributed by atoms with E-state index < -0.39 is 35.7 Å². The fourth-order valence-electron chi connectivity index (χ4n) is 0.889. The van der Waals surface area contributed by atoms with Crippen molar-refractivity contribution in [2.75, 3.05) is 0 Å². The van der Waals surface area contributed by atoms with Gasteiger partial charge in [-0.1, -0.05) is 0 Å². The third-order valence-electron chi connectivity index (χ3n) is 1.54. The SMILES string of the molecule is NS(=O)(=O)c1ccc(S(N)(=O)=O)c(F)c1. The highest BCUT2D eigenvalue weighted by Crippen LogP contribution is 2.16. The molecule has 0 fully saturated rings. The lowest BCUT2D eigenvalue weighted by atomic mass is 10.3. The standard InChI is InChI=1S/C6H7FN2O4S2/c7-5-3-4(14(8,10)11)1-2-6(5)15(9,12)13/h1-3H,(H2,8,10,11)(H2,9,12,13). The highest BCUT2D eigenvalue weighted by atomic mass is 32.2. The molecule has 9 heteroatoms. The van der Waals surface area contributed by atoms with E-state index in [9.17, 15) is 21.2 Å². The minimum absolute atomic E-state index is 0.495. The Kier molecular flexibility index (Phi) is 2.83. The molecular weight excluding hydrogens is 247 g/mol. The summed E-state index contributed by atoms with van der Waals surface area (Å²) in [5.74, 6) is -1.26. The molecule has 0 aliphatic heterocycles. The molecule has 15 heavy (non-hydrogen) atoms. The van der Waals surface area contributed by atoms with Crippen LogP contribution in [0, 0.1) is 5.82 Å². The monoisotopic (exact) mass is 254 g/mol. The van der Waals surface area contributed by atoms with Gasteiger partial charge in [0.25, 0.3) is 0 Å². The molecule has 0 aliphatic rings. The van der Waals surface area contributed by atoms with Gasteiger partial charge in [-0.05, 0) is 18.2 Å². The van der Waals surface area contributed by atoms with E-state index in [-0.39, 0.29) is 0 Å². The second-order valence-electron chi connectivity index (χ2n) is 2.68. The van der Waals surface area contributed by atoms with E-state index in [2.05, 4.69) is 5.14 Å². The Morgan fingerprint density at radius 3 is 1.87 bits per heavy atom. The topological polar surface area (TPSA) is 120 Å². The van der Waals surface area contributed by atoms with Gasteiger partial charge in [0, 0.05) is 0 Å². The van der Waals surface area contributed by atoms with Crippen molar-refractivity contribution in [3.05, 3.63) is 24.0 Å². The molecule has 0 aromatic heterocycles. The third-order valence-corrected chi connectivity index (χ3v) is 3.39. The first-order valence-electron chi connectivity index (χ1n) is 3.47. The van der Waals surface area contributed by atoms with Crippen LogP contribution in [0.15, 0.2) is 28.0 Å². The van der Waals surface area contributed by atoms with Crippen molar-refractivity contribution in [1.82, 2.24) is 0 Å². The maximum Gasteiger partial charge on any atom is 0.240 e. The van der Waals surface area contributed by atoms with Crippen LogP contribution in [0.4, 0.5) is 4.39 Å². The summed E-state index contributed by atoms with van der Waals surface area (Å²) >= 11 is 0. The minimum atomic E-state index is -4.21. The molecular formula is C6H7FN2O4S2. The van der Waals surface area contributed by atoms with Gasteiger partial charge >= 0.3 is 0 Å². The molecule has 0 saturated carbocycles. The van der Waals surface area contributed by atoms with Crippen LogP contribution in [0.1, 0.15) is 0 Å². The van der Waals surface area contributed by atoms with Crippen LogP contribution in [0.5, 0.6) is 0 Å². The van der Waals surface area contributed by atoms with Gasteiger partial charge in [0.05, 0.1) is 4.90 Å². The van der Waals surface area contributed by atoms with Crippen molar-refractivity contribution in [3.63, 3.8) is 0 Å². The second kappa shape index (κ2) is 3.52. The van der Waals surface area contributed by atoms with Crippen LogP contribution in [-0.2, 0) is 20.0 Å². The zero-order valence-electron chi connectivity index (χ0n) is 7.21. The Balaban J connectivity index is 3.47. The van der Waals surface area contributed by atoms with Crippen molar-refractivity contribution >= 4 is 20.0 Å². The summed E-state index contributed by atoms with van der Waals surface area (Å²) in [5, 5.41) is 9.38. The van der Waals surface area contributed by atoms with Gasteiger partial charge in [0.15, 0.2) is 0 Å². The summed E-state index contributed by atoms with van der Waals surface area (Å²) in [6.07, 6.45) is 0. The number of sulfonamides is 2. The van der Waals surface area contributed by atoms with Crippen LogP contribution in [0.2, 0.25) is 0 Å². The predicted octanol–water partition coefficient (Wildman–Crippen LogP) is -0.879. The molecule has 0 radical (unpaired) electrons. The smallest absolute Gasteiger partial charge is 0.225 e. The molecule has 0 heterocycles. The van der Waals surface area contributed by atoms with Gasteiger partial charge in [0.1, 0.15) is 10.7 Å². The average molecular weight is 254 g/mol. The van der Waals surface area contributed by atoms with Crippen molar-refractivity contribution < 1.29 is 21.2 Å². The highest BCUT2D eigenvalue weighted by Gasteiger charge is 2.17. The Bertz CT molecular complexity index is 594. The molecule has 0 amide bonds. The summed E-state index contributed by atoms with van der Waals surface area (Å²) < 4.78 is 56.2. The Labute approximate surface area is 85.8 Å². The lowest BCUT2D eigenvalue weighted by Gasteiger charge is -2.02. The summed E-state index contributed by atoms with van der Waals surface area (Å²) in [6, 6.07) is 2.09. The number of primary sulfonamides is 2. The Morgan fingerprint density at radius 1 is 1.00 bits per heavy atom. The van der Waals surface area contributed by atoms with E-state index in [0.717, 1.165) is 12.1 Å². The molecule has 6 nitrogen and oxygen atoms in total. The van der Waals surface area contributed by atoms with E-state index in [1.54, 1.807) is 0 Å². The largest absolute Gasteiger partial charge is 0.240 e. The minimum Gasteiger partial charge on any atom is -0.225 e. The fourth-order valence-corrected chi connectivity index (χ4v) is 2.00. The van der Waals surface area contributed by atoms with E-state index in [4.69, 9.17) is 5.14 Å². The molecule has 84 valence electrons. The van der Waals surface area contributed by atoms with Crippen LogP contribution in [0.3, 0.4) is 0 Å². The quantitative estimate of drug-likeness (QED) is 0.711. The van der Waals surface area contributed by atoms with Crippen LogP contribution < -0.4 is 10.3 Å². The molecule has 1 aromatic carbocycles. The molecule has 0 bridgehead atoms. The fraction of sp³-hybridized carbons (Fsp3) is 0. The third kappa shape index (κ3) is 2.72. The first-order chi connectivity index (χ1) is 6.62. The molecule has 0 unspecified atom stereocenters. The van der Waals surface area contributed by atoms with E-state index >= 15 is 0 Å². The predicted molar refractivity (Wildman–Crippen MR) is 49.1 cm³/mol. The van der Waals surface area contributed by atoms with Gasteiger partial charge in [-0.15, -0.1) is 0 Å². The highest BCUT2D eigenvalue weighted by molar-refractivity contribution is 7.89. The molecule has 1 aromatic rings. The summed E-state index contributed by atoms with van der Waals surface area (Å²) in [5.41, 5.74) is 0. The maximum atomic E-state index is 13.1. The lowest BCUT2D eigenvalue weighted by molar-refractivity contribution is 0.562. The number of rotatable bonds is 2. The van der Waals surface area contributed by atoms with Crippen molar-refractivity contribution in [2.45, 2.75) is 9.79 Å². The average Bonchev–Trinajstić information content (AvgIpc) is 1.99. The number of hydrogen-bond acceptors (Lipinski definition) is 4. The Hall–Kier alpha value is -1.03. The molecule has 0 atom stereocenters. The summed E-state index contributed by atoms with van der Waals surface area (Å²) in [7, 11) is -8.27. The zero-order valence-corrected chi connectivity index (χ0v) is 8.85. The molecule has 0 saturated heterocycles. The van der Waals surface area contributed by atoms with Gasteiger partial charge in [-0.25, -0.2) is 31.5 Å². The van der Waals surface area contributed by atoms with Crippen LogP contribution in [-0.4, -0.2) is 16.8 Å². The molecule has 1 rings (SSSR count). The normalized spacial score (nSPS) is 12.7.